The van der Waals surface area contributed by atoms with Gasteiger partial charge in [0.1, 0.15) is 0 Å². The Balaban J connectivity index is 1.72. The average Bonchev–Trinajstić information content (AvgIpc) is 3.06. The second-order valence-electron chi connectivity index (χ2n) is 13.1. The summed E-state index contributed by atoms with van der Waals surface area (Å²) < 4.78 is 0. The van der Waals surface area contributed by atoms with Gasteiger partial charge in [0.05, 0.1) is 0 Å². The lowest BCUT2D eigenvalue weighted by atomic mass is 9.31. The molecule has 0 saturated heterocycles. The van der Waals surface area contributed by atoms with Crippen molar-refractivity contribution in [3.05, 3.63) is 35.5 Å². The fourth-order valence-electron chi connectivity index (χ4n) is 10.1. The highest BCUT2D eigenvalue weighted by atomic mass is 14.8. The smallest absolute Gasteiger partial charge is 0.000505 e. The van der Waals surface area contributed by atoms with Crippen molar-refractivity contribution >= 4 is 0 Å². The van der Waals surface area contributed by atoms with Gasteiger partial charge in [-0.3, -0.25) is 0 Å². The van der Waals surface area contributed by atoms with Crippen molar-refractivity contribution in [3.8, 4) is 0 Å². The van der Waals surface area contributed by atoms with Gasteiger partial charge in [0.2, 0.25) is 0 Å². The van der Waals surface area contributed by atoms with E-state index in [-0.39, 0.29) is 0 Å². The van der Waals surface area contributed by atoms with Crippen molar-refractivity contribution in [1.29, 1.82) is 0 Å². The third kappa shape index (κ3) is 3.05. The molecule has 0 heteroatoms. The van der Waals surface area contributed by atoms with Crippen LogP contribution in [0.2, 0.25) is 0 Å². The molecule has 0 aromatic carbocycles. The predicted octanol–water partition coefficient (Wildman–Crippen LogP) is 9.67. The number of fused-ring (bicyclic) bond motifs is 5. The van der Waals surface area contributed by atoms with Gasteiger partial charge >= 0.3 is 0 Å². The minimum atomic E-state index is 0.314. The van der Waals surface area contributed by atoms with Crippen molar-refractivity contribution < 1.29 is 0 Å². The molecule has 4 aliphatic carbocycles. The zero-order valence-corrected chi connectivity index (χ0v) is 21.9. The van der Waals surface area contributed by atoms with Gasteiger partial charge in [-0.15, -0.1) is 6.58 Å². The molecule has 4 rings (SSSR count). The highest BCUT2D eigenvalue weighted by molar-refractivity contribution is 5.33. The van der Waals surface area contributed by atoms with Crippen molar-refractivity contribution in [2.75, 3.05) is 0 Å². The first-order valence-corrected chi connectivity index (χ1v) is 13.5. The zero-order valence-electron chi connectivity index (χ0n) is 21.9. The van der Waals surface area contributed by atoms with Crippen molar-refractivity contribution in [2.24, 2.45) is 39.4 Å². The van der Waals surface area contributed by atoms with Crippen LogP contribution >= 0.6 is 0 Å². The molecular weight excluding hydrogens is 372 g/mol. The van der Waals surface area contributed by atoms with Crippen LogP contribution < -0.4 is 0 Å². The lowest BCUT2D eigenvalue weighted by Crippen LogP contribution is -2.66. The Hall–Kier alpha value is -0.780. The highest BCUT2D eigenvalue weighted by Gasteiger charge is 2.72. The van der Waals surface area contributed by atoms with E-state index < -0.39 is 0 Å². The molecule has 0 spiro atoms. The highest BCUT2D eigenvalue weighted by Crippen LogP contribution is 2.79. The summed E-state index contributed by atoms with van der Waals surface area (Å²) in [6.07, 6.45) is 20.1. The number of rotatable bonds is 4. The zero-order chi connectivity index (χ0) is 22.7. The third-order valence-electron chi connectivity index (χ3n) is 12.0. The van der Waals surface area contributed by atoms with Gasteiger partial charge in [-0.2, -0.15) is 0 Å². The molecule has 0 radical (unpaired) electrons. The Morgan fingerprint density at radius 1 is 0.968 bits per heavy atom. The Kier molecular flexibility index (Phi) is 5.97. The third-order valence-corrected chi connectivity index (χ3v) is 12.0. The van der Waals surface area contributed by atoms with Crippen LogP contribution in [0.1, 0.15) is 119 Å². The van der Waals surface area contributed by atoms with Gasteiger partial charge in [0.25, 0.3) is 0 Å². The van der Waals surface area contributed by atoms with Crippen molar-refractivity contribution in [2.45, 2.75) is 119 Å². The molecule has 4 fully saturated rings. The monoisotopic (exact) mass is 422 g/mol. The van der Waals surface area contributed by atoms with Crippen LogP contribution in [0.5, 0.6) is 0 Å². The van der Waals surface area contributed by atoms with E-state index in [1.54, 1.807) is 5.57 Å². The summed E-state index contributed by atoms with van der Waals surface area (Å²) in [4.78, 5) is 0. The number of hydrogen-bond donors (Lipinski definition) is 0. The maximum Gasteiger partial charge on any atom is -0.000505 e. The molecule has 4 aliphatic rings. The lowest BCUT2D eigenvalue weighted by molar-refractivity contribution is -0.226. The van der Waals surface area contributed by atoms with Gasteiger partial charge in [0.15, 0.2) is 0 Å². The maximum absolute atomic E-state index is 4.60. The number of allylic oxidation sites excluding steroid dienone is 5. The summed E-state index contributed by atoms with van der Waals surface area (Å²) in [5, 5.41) is 0. The van der Waals surface area contributed by atoms with E-state index in [4.69, 9.17) is 0 Å². The van der Waals surface area contributed by atoms with Crippen LogP contribution in [0.15, 0.2) is 35.5 Å². The van der Waals surface area contributed by atoms with Crippen LogP contribution in [0, 0.1) is 39.4 Å². The van der Waals surface area contributed by atoms with Crippen LogP contribution in [0.25, 0.3) is 0 Å². The van der Waals surface area contributed by atoms with E-state index in [1.165, 1.54) is 76.2 Å². The first-order valence-electron chi connectivity index (χ1n) is 13.5. The van der Waals surface area contributed by atoms with Gasteiger partial charge in [-0.05, 0) is 118 Å². The minimum Gasteiger partial charge on any atom is -0.102 e. The minimum absolute atomic E-state index is 0.314. The standard InChI is InChI=1S/C31H50/c1-9-31-21-17-27-25(23(4)13-10-12-22(2)3)15-19-28(27,6)30(31,8)20-16-26-24(5)14-11-18-29(26,31)7/h9,12,24,26-27H,1,10-11,13-21H2,2-8H3/b25-23-/t24-,26?,27+,28+,29+,30-,31+/m1/s1. The summed E-state index contributed by atoms with van der Waals surface area (Å²) in [5.74, 6) is 2.59. The molecule has 0 amide bonds. The summed E-state index contributed by atoms with van der Waals surface area (Å²) >= 11 is 0. The largest absolute Gasteiger partial charge is 0.102 e. The van der Waals surface area contributed by atoms with Crippen LogP contribution in [-0.4, -0.2) is 0 Å². The van der Waals surface area contributed by atoms with Crippen LogP contribution in [-0.2, 0) is 0 Å². The summed E-state index contributed by atoms with van der Waals surface area (Å²) in [6, 6.07) is 0. The summed E-state index contributed by atoms with van der Waals surface area (Å²) in [7, 11) is 0. The van der Waals surface area contributed by atoms with Gasteiger partial charge in [0, 0.05) is 0 Å². The van der Waals surface area contributed by atoms with E-state index in [2.05, 4.69) is 67.2 Å². The molecule has 4 saturated carbocycles. The van der Waals surface area contributed by atoms with Gasteiger partial charge in [-0.25, -0.2) is 0 Å². The molecule has 31 heavy (non-hydrogen) atoms. The lowest BCUT2D eigenvalue weighted by Gasteiger charge is -2.73. The first kappa shape index (κ1) is 23.4. The average molecular weight is 423 g/mol. The van der Waals surface area contributed by atoms with E-state index in [0.717, 1.165) is 17.8 Å². The van der Waals surface area contributed by atoms with E-state index in [1.807, 2.05) is 5.57 Å². The molecule has 1 unspecified atom stereocenters. The van der Waals surface area contributed by atoms with E-state index in [9.17, 15) is 0 Å². The second kappa shape index (κ2) is 7.92. The molecule has 0 heterocycles. The normalized spacial score (nSPS) is 48.3. The van der Waals surface area contributed by atoms with Gasteiger partial charge < -0.3 is 0 Å². The van der Waals surface area contributed by atoms with E-state index in [0.29, 0.717) is 21.7 Å². The quantitative estimate of drug-likeness (QED) is 0.395. The molecular formula is C31H50. The predicted molar refractivity (Wildman–Crippen MR) is 136 cm³/mol. The van der Waals surface area contributed by atoms with E-state index >= 15 is 0 Å². The summed E-state index contributed by atoms with van der Waals surface area (Å²) in [5.41, 5.74) is 6.60. The van der Waals surface area contributed by atoms with Crippen LogP contribution in [0.4, 0.5) is 0 Å². The Morgan fingerprint density at radius 2 is 1.71 bits per heavy atom. The second-order valence-corrected chi connectivity index (χ2v) is 13.1. The SMILES string of the molecule is C=C[C@@]12CC[C@H]3/C(=C(/C)CCC=C(C)C)CC[C@]3(C)[C@@]1(C)CCC1[C@H](C)CCC[C@@]12C. The fourth-order valence-corrected chi connectivity index (χ4v) is 10.1. The van der Waals surface area contributed by atoms with Gasteiger partial charge in [-0.1, -0.05) is 69.4 Å². The molecule has 0 nitrogen and oxygen atoms in total. The first-order chi connectivity index (χ1) is 14.6. The Morgan fingerprint density at radius 3 is 2.39 bits per heavy atom. The Bertz CT molecular complexity index is 778. The van der Waals surface area contributed by atoms with Crippen molar-refractivity contribution in [1.82, 2.24) is 0 Å². The Labute approximate surface area is 194 Å². The molecule has 0 aliphatic heterocycles. The van der Waals surface area contributed by atoms with Crippen molar-refractivity contribution in [3.63, 3.8) is 0 Å². The molecule has 0 aromatic rings. The number of hydrogen-bond acceptors (Lipinski definition) is 0. The summed E-state index contributed by atoms with van der Waals surface area (Å²) in [6.45, 7) is 22.2. The molecule has 0 bridgehead atoms. The topological polar surface area (TPSA) is 0 Å². The molecule has 174 valence electrons. The fraction of sp³-hybridized carbons (Fsp3) is 0.806. The van der Waals surface area contributed by atoms with Crippen LogP contribution in [0.3, 0.4) is 0 Å². The molecule has 0 N–H and O–H groups in total. The molecule has 7 atom stereocenters. The maximum atomic E-state index is 4.60. The molecule has 0 aromatic heterocycles.